The van der Waals surface area contributed by atoms with Crippen molar-refractivity contribution in [1.29, 1.82) is 0 Å². The molecule has 0 unspecified atom stereocenters. The number of carbonyl (C=O) groups excluding carboxylic acids is 1. The van der Waals surface area contributed by atoms with Crippen molar-refractivity contribution in [3.63, 3.8) is 0 Å². The zero-order chi connectivity index (χ0) is 13.2. The van der Waals surface area contributed by atoms with E-state index in [2.05, 4.69) is 15.9 Å². The van der Waals surface area contributed by atoms with Gasteiger partial charge >= 0.3 is 0 Å². The molecule has 0 bridgehead atoms. The molecule has 0 saturated heterocycles. The Labute approximate surface area is 121 Å². The fourth-order valence-corrected chi connectivity index (χ4v) is 3.68. The quantitative estimate of drug-likeness (QED) is 0.801. The SMILES string of the molecule is O=CCCc1c2c(c(Br)c3c1OCCC3)OCCC2. The van der Waals surface area contributed by atoms with Gasteiger partial charge in [0.15, 0.2) is 0 Å². The number of carbonyl (C=O) groups is 1. The number of hydrogen-bond acceptors (Lipinski definition) is 3. The van der Waals surface area contributed by atoms with E-state index in [9.17, 15) is 4.79 Å². The Bertz CT molecular complexity index is 474. The largest absolute Gasteiger partial charge is 0.493 e. The molecule has 2 aliphatic rings. The van der Waals surface area contributed by atoms with Crippen LogP contribution in [0.3, 0.4) is 0 Å². The van der Waals surface area contributed by atoms with Crippen LogP contribution in [0, 0.1) is 0 Å². The first-order valence-electron chi connectivity index (χ1n) is 6.88. The van der Waals surface area contributed by atoms with Crippen molar-refractivity contribution in [2.24, 2.45) is 0 Å². The topological polar surface area (TPSA) is 35.5 Å². The molecule has 19 heavy (non-hydrogen) atoms. The Kier molecular flexibility index (Phi) is 3.78. The van der Waals surface area contributed by atoms with Crippen molar-refractivity contribution in [3.05, 3.63) is 21.2 Å². The maximum atomic E-state index is 10.7. The summed E-state index contributed by atoms with van der Waals surface area (Å²) >= 11 is 3.68. The third kappa shape index (κ3) is 2.27. The highest BCUT2D eigenvalue weighted by molar-refractivity contribution is 9.10. The summed E-state index contributed by atoms with van der Waals surface area (Å²) in [6, 6.07) is 0. The zero-order valence-electron chi connectivity index (χ0n) is 10.8. The molecule has 1 aromatic carbocycles. The summed E-state index contributed by atoms with van der Waals surface area (Å²) in [6.45, 7) is 1.55. The highest BCUT2D eigenvalue weighted by atomic mass is 79.9. The highest BCUT2D eigenvalue weighted by Gasteiger charge is 2.27. The Morgan fingerprint density at radius 3 is 2.47 bits per heavy atom. The number of ether oxygens (including phenoxy) is 2. The third-order valence-electron chi connectivity index (χ3n) is 3.80. The number of benzene rings is 1. The van der Waals surface area contributed by atoms with Crippen molar-refractivity contribution in [2.45, 2.75) is 38.5 Å². The lowest BCUT2D eigenvalue weighted by Gasteiger charge is -2.29. The van der Waals surface area contributed by atoms with Crippen LogP contribution in [0.5, 0.6) is 11.5 Å². The van der Waals surface area contributed by atoms with Gasteiger partial charge in [-0.05, 0) is 48.0 Å². The number of fused-ring (bicyclic) bond motifs is 2. The summed E-state index contributed by atoms with van der Waals surface area (Å²) < 4.78 is 12.8. The van der Waals surface area contributed by atoms with E-state index in [0.717, 1.165) is 67.6 Å². The Morgan fingerprint density at radius 1 is 1.05 bits per heavy atom. The average molecular weight is 325 g/mol. The van der Waals surface area contributed by atoms with Crippen LogP contribution in [0.1, 0.15) is 36.0 Å². The van der Waals surface area contributed by atoms with Gasteiger partial charge < -0.3 is 14.3 Å². The van der Waals surface area contributed by atoms with E-state index in [4.69, 9.17) is 9.47 Å². The first-order valence-corrected chi connectivity index (χ1v) is 7.67. The molecule has 0 N–H and O–H groups in total. The number of halogens is 1. The molecular weight excluding hydrogens is 308 g/mol. The average Bonchev–Trinajstić information content (AvgIpc) is 2.47. The van der Waals surface area contributed by atoms with Gasteiger partial charge in [-0.25, -0.2) is 0 Å². The minimum Gasteiger partial charge on any atom is -0.493 e. The van der Waals surface area contributed by atoms with Gasteiger partial charge in [-0.2, -0.15) is 0 Å². The Morgan fingerprint density at radius 2 is 1.74 bits per heavy atom. The van der Waals surface area contributed by atoms with Crippen LogP contribution in [0.25, 0.3) is 0 Å². The highest BCUT2D eigenvalue weighted by Crippen LogP contribution is 2.46. The van der Waals surface area contributed by atoms with Crippen molar-refractivity contribution in [1.82, 2.24) is 0 Å². The lowest BCUT2D eigenvalue weighted by Crippen LogP contribution is -2.18. The summed E-state index contributed by atoms with van der Waals surface area (Å²) in [5, 5.41) is 0. The van der Waals surface area contributed by atoms with E-state index in [-0.39, 0.29) is 0 Å². The fourth-order valence-electron chi connectivity index (χ4n) is 2.95. The molecule has 0 aliphatic carbocycles. The van der Waals surface area contributed by atoms with E-state index >= 15 is 0 Å². The predicted octanol–water partition coefficient (Wildman–Crippen LogP) is 3.23. The van der Waals surface area contributed by atoms with Crippen LogP contribution in [0.4, 0.5) is 0 Å². The zero-order valence-corrected chi connectivity index (χ0v) is 12.4. The van der Waals surface area contributed by atoms with Crippen molar-refractivity contribution >= 4 is 22.2 Å². The first kappa shape index (κ1) is 13.0. The predicted molar refractivity (Wildman–Crippen MR) is 76.2 cm³/mol. The van der Waals surface area contributed by atoms with E-state index in [1.807, 2.05) is 0 Å². The van der Waals surface area contributed by atoms with Gasteiger partial charge in [0.1, 0.15) is 17.8 Å². The number of rotatable bonds is 3. The van der Waals surface area contributed by atoms with Crippen LogP contribution < -0.4 is 9.47 Å². The van der Waals surface area contributed by atoms with Crippen molar-refractivity contribution in [3.8, 4) is 11.5 Å². The van der Waals surface area contributed by atoms with Crippen LogP contribution >= 0.6 is 15.9 Å². The van der Waals surface area contributed by atoms with Crippen LogP contribution in [-0.4, -0.2) is 19.5 Å². The summed E-state index contributed by atoms with van der Waals surface area (Å²) in [4.78, 5) is 10.7. The molecule has 1 aromatic rings. The van der Waals surface area contributed by atoms with Gasteiger partial charge in [0.25, 0.3) is 0 Å². The van der Waals surface area contributed by atoms with E-state index < -0.39 is 0 Å². The summed E-state index contributed by atoms with van der Waals surface area (Å²) in [7, 11) is 0. The lowest BCUT2D eigenvalue weighted by molar-refractivity contribution is -0.107. The lowest BCUT2D eigenvalue weighted by atomic mass is 9.91. The molecule has 0 amide bonds. The molecule has 3 rings (SSSR count). The second-order valence-corrected chi connectivity index (χ2v) is 5.81. The maximum absolute atomic E-state index is 10.7. The molecule has 0 atom stereocenters. The fraction of sp³-hybridized carbons (Fsp3) is 0.533. The van der Waals surface area contributed by atoms with Crippen LogP contribution in [0.2, 0.25) is 0 Å². The van der Waals surface area contributed by atoms with Crippen molar-refractivity contribution in [2.75, 3.05) is 13.2 Å². The van der Waals surface area contributed by atoms with E-state index in [1.54, 1.807) is 0 Å². The minimum absolute atomic E-state index is 0.546. The maximum Gasteiger partial charge on any atom is 0.137 e. The molecule has 0 saturated carbocycles. The van der Waals surface area contributed by atoms with Crippen LogP contribution in [0.15, 0.2) is 4.47 Å². The molecule has 102 valence electrons. The first-order chi connectivity index (χ1) is 9.33. The normalized spacial score (nSPS) is 16.9. The van der Waals surface area contributed by atoms with Gasteiger partial charge in [0, 0.05) is 23.1 Å². The number of hydrogen-bond donors (Lipinski definition) is 0. The van der Waals surface area contributed by atoms with Gasteiger partial charge in [-0.1, -0.05) is 0 Å². The van der Waals surface area contributed by atoms with Gasteiger partial charge in [0.2, 0.25) is 0 Å². The second kappa shape index (κ2) is 5.53. The molecule has 4 heteroatoms. The third-order valence-corrected chi connectivity index (χ3v) is 4.64. The van der Waals surface area contributed by atoms with Gasteiger partial charge in [0.05, 0.1) is 17.7 Å². The van der Waals surface area contributed by atoms with Crippen LogP contribution in [-0.2, 0) is 24.1 Å². The van der Waals surface area contributed by atoms with Gasteiger partial charge in [-0.3, -0.25) is 0 Å². The summed E-state index contributed by atoms with van der Waals surface area (Å²) in [5.74, 6) is 1.99. The minimum atomic E-state index is 0.546. The Balaban J connectivity index is 2.15. The van der Waals surface area contributed by atoms with Crippen molar-refractivity contribution < 1.29 is 14.3 Å². The monoisotopic (exact) mass is 324 g/mol. The molecule has 2 aliphatic heterocycles. The van der Waals surface area contributed by atoms with E-state index in [1.165, 1.54) is 16.7 Å². The molecule has 0 aromatic heterocycles. The van der Waals surface area contributed by atoms with E-state index in [0.29, 0.717) is 6.42 Å². The smallest absolute Gasteiger partial charge is 0.137 e. The molecule has 3 nitrogen and oxygen atoms in total. The molecule has 0 fully saturated rings. The summed E-state index contributed by atoms with van der Waals surface area (Å²) in [5.41, 5.74) is 3.65. The molecule has 2 heterocycles. The van der Waals surface area contributed by atoms with Gasteiger partial charge in [-0.15, -0.1) is 0 Å². The Hall–Kier alpha value is -1.03. The number of aldehydes is 1. The molecule has 0 spiro atoms. The molecular formula is C15H17BrO3. The standard InChI is InChI=1S/C15H17BrO3/c16-13-12-6-3-8-18-14(12)10(4-1-7-17)11-5-2-9-19-15(11)13/h7H,1-6,8-9H2. The molecule has 0 radical (unpaired) electrons. The second-order valence-electron chi connectivity index (χ2n) is 5.02. The summed E-state index contributed by atoms with van der Waals surface area (Å²) in [6.07, 6.45) is 6.38.